The van der Waals surface area contributed by atoms with E-state index in [-0.39, 0.29) is 11.9 Å². The van der Waals surface area contributed by atoms with Crippen molar-refractivity contribution in [2.45, 2.75) is 13.0 Å². The smallest absolute Gasteiger partial charge is 0.124 e. The Labute approximate surface area is 73.1 Å². The molecule has 0 spiro atoms. The average Bonchev–Trinajstić information content (AvgIpc) is 2.11. The maximum Gasteiger partial charge on any atom is 0.124 e. The normalized spacial score (nSPS) is 14.5. The number of allylic oxidation sites excluding steroid dienone is 1. The Kier molecular flexibility index (Phi) is 5.58. The van der Waals surface area contributed by atoms with Crippen molar-refractivity contribution in [1.29, 1.82) is 0 Å². The van der Waals surface area contributed by atoms with Gasteiger partial charge in [-0.3, -0.25) is 0 Å². The molecule has 3 heteroatoms. The minimum atomic E-state index is -0.308. The summed E-state index contributed by atoms with van der Waals surface area (Å²) < 4.78 is 18.0. The number of halogens is 1. The van der Waals surface area contributed by atoms with Crippen molar-refractivity contribution in [2.24, 2.45) is 0 Å². The molecule has 0 aromatic carbocycles. The van der Waals surface area contributed by atoms with Gasteiger partial charge in [-0.2, -0.15) is 0 Å². The summed E-state index contributed by atoms with van der Waals surface area (Å²) >= 11 is 0. The third-order valence-corrected chi connectivity index (χ3v) is 1.62. The SMILES string of the molecule is C=C(/C(F)=C\C)[C@@H](CNC)OC. The van der Waals surface area contributed by atoms with E-state index >= 15 is 0 Å². The van der Waals surface area contributed by atoms with Crippen LogP contribution in [0.4, 0.5) is 4.39 Å². The first-order chi connectivity index (χ1) is 5.67. The highest BCUT2D eigenvalue weighted by Gasteiger charge is 2.13. The van der Waals surface area contributed by atoms with Crippen LogP contribution in [0.15, 0.2) is 24.1 Å². The van der Waals surface area contributed by atoms with Gasteiger partial charge in [0.2, 0.25) is 0 Å². The van der Waals surface area contributed by atoms with Crippen molar-refractivity contribution >= 4 is 0 Å². The van der Waals surface area contributed by atoms with Crippen LogP contribution in [-0.2, 0) is 4.74 Å². The van der Waals surface area contributed by atoms with Crippen molar-refractivity contribution in [3.63, 3.8) is 0 Å². The largest absolute Gasteiger partial charge is 0.375 e. The van der Waals surface area contributed by atoms with Gasteiger partial charge in [0.25, 0.3) is 0 Å². The molecule has 12 heavy (non-hydrogen) atoms. The number of likely N-dealkylation sites (N-methyl/N-ethyl adjacent to an activating group) is 1. The Balaban J connectivity index is 4.21. The third kappa shape index (κ3) is 3.15. The molecule has 0 heterocycles. The summed E-state index contributed by atoms with van der Waals surface area (Å²) in [6, 6.07) is 0. The molecule has 2 nitrogen and oxygen atoms in total. The molecule has 0 aliphatic rings. The van der Waals surface area contributed by atoms with Gasteiger partial charge in [0.1, 0.15) is 5.83 Å². The van der Waals surface area contributed by atoms with E-state index in [9.17, 15) is 4.39 Å². The molecular weight excluding hydrogens is 157 g/mol. The summed E-state index contributed by atoms with van der Waals surface area (Å²) in [7, 11) is 3.32. The van der Waals surface area contributed by atoms with Crippen LogP contribution in [0, 0.1) is 0 Å². The molecule has 0 aromatic rings. The maximum atomic E-state index is 12.9. The van der Waals surface area contributed by atoms with Crippen LogP contribution in [0.25, 0.3) is 0 Å². The summed E-state index contributed by atoms with van der Waals surface area (Å²) in [5.41, 5.74) is 0.384. The fraction of sp³-hybridized carbons (Fsp3) is 0.556. The van der Waals surface area contributed by atoms with Crippen molar-refractivity contribution in [3.05, 3.63) is 24.1 Å². The molecular formula is C9H16FNO. The number of rotatable bonds is 5. The predicted molar refractivity (Wildman–Crippen MR) is 48.7 cm³/mol. The molecule has 1 atom stereocenters. The Hall–Kier alpha value is -0.670. The van der Waals surface area contributed by atoms with Crippen molar-refractivity contribution in [2.75, 3.05) is 20.7 Å². The first-order valence-corrected chi connectivity index (χ1v) is 3.85. The second-order valence-corrected chi connectivity index (χ2v) is 2.44. The maximum absolute atomic E-state index is 12.9. The Morgan fingerprint density at radius 1 is 1.75 bits per heavy atom. The fourth-order valence-electron chi connectivity index (χ4n) is 0.873. The summed E-state index contributed by atoms with van der Waals surface area (Å²) in [5, 5.41) is 2.90. The van der Waals surface area contributed by atoms with Crippen molar-refractivity contribution < 1.29 is 9.13 Å². The van der Waals surface area contributed by atoms with E-state index in [0.717, 1.165) is 0 Å². The van der Waals surface area contributed by atoms with Gasteiger partial charge in [0.15, 0.2) is 0 Å². The lowest BCUT2D eigenvalue weighted by Crippen LogP contribution is -2.27. The van der Waals surface area contributed by atoms with E-state index in [1.54, 1.807) is 14.0 Å². The lowest BCUT2D eigenvalue weighted by Gasteiger charge is -2.15. The van der Waals surface area contributed by atoms with Crippen molar-refractivity contribution in [3.8, 4) is 0 Å². The molecule has 0 radical (unpaired) electrons. The van der Waals surface area contributed by atoms with Crippen LogP contribution in [0.1, 0.15) is 6.92 Å². The average molecular weight is 173 g/mol. The van der Waals surface area contributed by atoms with Gasteiger partial charge in [-0.15, -0.1) is 0 Å². The molecule has 0 fully saturated rings. The zero-order valence-corrected chi connectivity index (χ0v) is 7.86. The number of methoxy groups -OCH3 is 1. The lowest BCUT2D eigenvalue weighted by molar-refractivity contribution is 0.131. The highest BCUT2D eigenvalue weighted by molar-refractivity contribution is 5.25. The lowest BCUT2D eigenvalue weighted by atomic mass is 10.1. The quantitative estimate of drug-likeness (QED) is 0.638. The van der Waals surface area contributed by atoms with Gasteiger partial charge in [0, 0.05) is 19.2 Å². The molecule has 0 saturated carbocycles. The van der Waals surface area contributed by atoms with Crippen LogP contribution in [0.3, 0.4) is 0 Å². The Morgan fingerprint density at radius 2 is 2.33 bits per heavy atom. The highest BCUT2D eigenvalue weighted by atomic mass is 19.1. The first-order valence-electron chi connectivity index (χ1n) is 3.85. The summed E-state index contributed by atoms with van der Waals surface area (Å²) in [6.07, 6.45) is 1.09. The molecule has 0 unspecified atom stereocenters. The molecule has 0 amide bonds. The number of hydrogen-bond donors (Lipinski definition) is 1. The van der Waals surface area contributed by atoms with E-state index in [1.807, 2.05) is 0 Å². The zero-order chi connectivity index (χ0) is 9.56. The molecule has 0 bridgehead atoms. The minimum Gasteiger partial charge on any atom is -0.375 e. The molecule has 0 aromatic heterocycles. The predicted octanol–water partition coefficient (Wildman–Crippen LogP) is 1.65. The van der Waals surface area contributed by atoms with Crippen LogP contribution in [0.5, 0.6) is 0 Å². The van der Waals surface area contributed by atoms with Crippen LogP contribution in [0.2, 0.25) is 0 Å². The van der Waals surface area contributed by atoms with E-state index in [0.29, 0.717) is 12.1 Å². The standard InChI is InChI=1S/C9H16FNO/c1-5-8(10)7(2)9(12-4)6-11-3/h5,9,11H,2,6H2,1,3-4H3/b8-5+/t9-/m1/s1. The third-order valence-electron chi connectivity index (χ3n) is 1.62. The zero-order valence-electron chi connectivity index (χ0n) is 7.86. The minimum absolute atomic E-state index is 0.286. The van der Waals surface area contributed by atoms with E-state index in [1.165, 1.54) is 13.2 Å². The van der Waals surface area contributed by atoms with Gasteiger partial charge in [-0.05, 0) is 14.0 Å². The number of ether oxygens (including phenoxy) is 1. The molecule has 0 saturated heterocycles. The van der Waals surface area contributed by atoms with Crippen LogP contribution in [-0.4, -0.2) is 26.8 Å². The first kappa shape index (κ1) is 11.3. The molecule has 1 N–H and O–H groups in total. The van der Waals surface area contributed by atoms with Gasteiger partial charge < -0.3 is 10.1 Å². The van der Waals surface area contributed by atoms with Crippen LogP contribution >= 0.6 is 0 Å². The topological polar surface area (TPSA) is 21.3 Å². The second-order valence-electron chi connectivity index (χ2n) is 2.44. The molecule has 70 valence electrons. The van der Waals surface area contributed by atoms with Gasteiger partial charge >= 0.3 is 0 Å². The second kappa shape index (κ2) is 5.91. The van der Waals surface area contributed by atoms with Crippen LogP contribution < -0.4 is 5.32 Å². The summed E-state index contributed by atoms with van der Waals surface area (Å²) in [6.45, 7) is 5.80. The summed E-state index contributed by atoms with van der Waals surface area (Å²) in [4.78, 5) is 0. The molecule has 0 aliphatic heterocycles. The van der Waals surface area contributed by atoms with Crippen molar-refractivity contribution in [1.82, 2.24) is 5.32 Å². The molecule has 0 rings (SSSR count). The van der Waals surface area contributed by atoms with Gasteiger partial charge in [0.05, 0.1) is 6.10 Å². The number of nitrogens with one attached hydrogen (secondary N) is 1. The van der Waals surface area contributed by atoms with Gasteiger partial charge in [-0.1, -0.05) is 12.7 Å². The summed E-state index contributed by atoms with van der Waals surface area (Å²) in [5.74, 6) is -0.308. The monoisotopic (exact) mass is 173 g/mol. The Bertz CT molecular complexity index is 177. The Morgan fingerprint density at radius 3 is 2.67 bits per heavy atom. The van der Waals surface area contributed by atoms with Gasteiger partial charge in [-0.25, -0.2) is 4.39 Å². The number of hydrogen-bond acceptors (Lipinski definition) is 2. The van der Waals surface area contributed by atoms with E-state index in [2.05, 4.69) is 11.9 Å². The van der Waals surface area contributed by atoms with E-state index < -0.39 is 0 Å². The molecule has 0 aliphatic carbocycles. The highest BCUT2D eigenvalue weighted by Crippen LogP contribution is 2.14. The fourth-order valence-corrected chi connectivity index (χ4v) is 0.873. The van der Waals surface area contributed by atoms with E-state index in [4.69, 9.17) is 4.74 Å².